The third-order valence-electron chi connectivity index (χ3n) is 3.98. The van der Waals surface area contributed by atoms with Gasteiger partial charge in [0, 0.05) is 9.35 Å². The Morgan fingerprint density at radius 1 is 1.19 bits per heavy atom. The number of nitrogens with zero attached hydrogens (tertiary/aromatic N) is 2. The van der Waals surface area contributed by atoms with Crippen molar-refractivity contribution in [1.29, 1.82) is 0 Å². The molecule has 3 heterocycles. The number of aromatic nitrogens is 2. The van der Waals surface area contributed by atoms with Gasteiger partial charge in [0.2, 0.25) is 0 Å². The first-order valence-electron chi connectivity index (χ1n) is 7.92. The van der Waals surface area contributed by atoms with E-state index in [0.29, 0.717) is 33.7 Å². The van der Waals surface area contributed by atoms with Crippen LogP contribution in [0.5, 0.6) is 0 Å². The van der Waals surface area contributed by atoms with E-state index in [2.05, 4.69) is 31.4 Å². The van der Waals surface area contributed by atoms with E-state index in [1.54, 1.807) is 24.3 Å². The largest absolute Gasteiger partial charge is 0.335 e. The van der Waals surface area contributed by atoms with Crippen molar-refractivity contribution in [2.75, 3.05) is 5.32 Å². The molecule has 0 spiro atoms. The van der Waals surface area contributed by atoms with Gasteiger partial charge >= 0.3 is 0 Å². The fraction of sp³-hybridized carbons (Fsp3) is 0.105. The second kappa shape index (κ2) is 6.66. The molecule has 0 bridgehead atoms. The van der Waals surface area contributed by atoms with Gasteiger partial charge in [-0.3, -0.25) is 4.79 Å². The van der Waals surface area contributed by atoms with Crippen LogP contribution >= 0.6 is 27.3 Å². The van der Waals surface area contributed by atoms with Crippen LogP contribution in [-0.2, 0) is 0 Å². The average Bonchev–Trinajstić information content (AvgIpc) is 3.22. The minimum absolute atomic E-state index is 0.231. The van der Waals surface area contributed by atoms with Gasteiger partial charge in [0.1, 0.15) is 0 Å². The molecule has 5 nitrogen and oxygen atoms in total. The summed E-state index contributed by atoms with van der Waals surface area (Å²) in [6.45, 7) is 3.84. The lowest BCUT2D eigenvalue weighted by Gasteiger charge is -2.09. The molecule has 1 aromatic carbocycles. The predicted molar refractivity (Wildman–Crippen MR) is 107 cm³/mol. The summed E-state index contributed by atoms with van der Waals surface area (Å²) in [5, 5.41) is 7.55. The Bertz CT molecular complexity index is 1130. The van der Waals surface area contributed by atoms with Gasteiger partial charge in [-0.15, -0.1) is 11.3 Å². The molecule has 0 unspecified atom stereocenters. The Kier molecular flexibility index (Phi) is 4.34. The lowest BCUT2D eigenvalue weighted by molar-refractivity contribution is 0.102. The lowest BCUT2D eigenvalue weighted by Crippen LogP contribution is -2.13. The van der Waals surface area contributed by atoms with Gasteiger partial charge in [0.05, 0.1) is 32.9 Å². The molecule has 0 saturated carbocycles. The van der Waals surface area contributed by atoms with Gasteiger partial charge in [-0.05, 0) is 60.1 Å². The lowest BCUT2D eigenvalue weighted by atomic mass is 10.1. The first-order valence-corrected chi connectivity index (χ1v) is 9.53. The summed E-state index contributed by atoms with van der Waals surface area (Å²) in [7, 11) is 0. The quantitative estimate of drug-likeness (QED) is 0.463. The van der Waals surface area contributed by atoms with Crippen LogP contribution in [0.1, 0.15) is 20.9 Å². The Morgan fingerprint density at radius 2 is 2.00 bits per heavy atom. The van der Waals surface area contributed by atoms with Crippen LogP contribution in [0.2, 0.25) is 0 Å². The summed E-state index contributed by atoms with van der Waals surface area (Å²) >= 11 is 5.07. The van der Waals surface area contributed by atoms with Crippen molar-refractivity contribution in [1.82, 2.24) is 10.1 Å². The molecule has 0 fully saturated rings. The number of anilines is 1. The summed E-state index contributed by atoms with van der Waals surface area (Å²) in [5.41, 5.74) is 2.89. The molecule has 7 heteroatoms. The highest BCUT2D eigenvalue weighted by atomic mass is 79.9. The van der Waals surface area contributed by atoms with E-state index in [1.807, 2.05) is 43.3 Å². The molecule has 130 valence electrons. The molecule has 0 radical (unpaired) electrons. The fourth-order valence-electron chi connectivity index (χ4n) is 2.72. The number of halogens is 1. The van der Waals surface area contributed by atoms with E-state index in [4.69, 9.17) is 4.52 Å². The van der Waals surface area contributed by atoms with Crippen molar-refractivity contribution in [3.05, 3.63) is 63.1 Å². The maximum atomic E-state index is 13.0. The number of pyridine rings is 1. The van der Waals surface area contributed by atoms with Gasteiger partial charge in [-0.2, -0.15) is 0 Å². The van der Waals surface area contributed by atoms with Crippen LogP contribution in [0.25, 0.3) is 21.7 Å². The standard InChI is InChI=1S/C19H14BrN3O2S/c1-10-7-8-16(26-10)15-9-12(17-11(2)23-25-19(17)22-15)18(24)21-14-6-4-3-5-13(14)20/h3-9H,1-2H3,(H,21,24). The number of fused-ring (bicyclic) bond motifs is 1. The van der Waals surface area contributed by atoms with Gasteiger partial charge < -0.3 is 9.84 Å². The molecule has 0 aliphatic carbocycles. The first-order chi connectivity index (χ1) is 12.5. The first kappa shape index (κ1) is 16.9. The van der Waals surface area contributed by atoms with Crippen LogP contribution in [0, 0.1) is 13.8 Å². The van der Waals surface area contributed by atoms with Crippen molar-refractivity contribution in [3.8, 4) is 10.6 Å². The van der Waals surface area contributed by atoms with Gasteiger partial charge in [-0.1, -0.05) is 17.3 Å². The average molecular weight is 428 g/mol. The molecular formula is C19H14BrN3O2S. The second-order valence-corrected chi connectivity index (χ2v) is 7.99. The van der Waals surface area contributed by atoms with E-state index in [9.17, 15) is 4.79 Å². The highest BCUT2D eigenvalue weighted by Gasteiger charge is 2.20. The maximum Gasteiger partial charge on any atom is 0.259 e. The van der Waals surface area contributed by atoms with Crippen molar-refractivity contribution in [2.24, 2.45) is 0 Å². The Balaban J connectivity index is 1.83. The summed E-state index contributed by atoms with van der Waals surface area (Å²) in [4.78, 5) is 19.7. The normalized spacial score (nSPS) is 11.0. The number of para-hydroxylation sites is 1. The van der Waals surface area contributed by atoms with Gasteiger partial charge in [-0.25, -0.2) is 4.98 Å². The third-order valence-corrected chi connectivity index (χ3v) is 5.69. The molecule has 0 aliphatic heterocycles. The number of hydrogen-bond donors (Lipinski definition) is 1. The predicted octanol–water partition coefficient (Wildman–Crippen LogP) is 5.58. The smallest absolute Gasteiger partial charge is 0.259 e. The Labute approximate surface area is 162 Å². The summed E-state index contributed by atoms with van der Waals surface area (Å²) in [6.07, 6.45) is 0. The molecule has 0 atom stereocenters. The third kappa shape index (κ3) is 3.04. The van der Waals surface area contributed by atoms with Crippen LogP contribution in [0.15, 0.2) is 51.5 Å². The zero-order chi connectivity index (χ0) is 18.3. The fourth-order valence-corrected chi connectivity index (χ4v) is 3.94. The van der Waals surface area contributed by atoms with E-state index in [-0.39, 0.29) is 5.91 Å². The highest BCUT2D eigenvalue weighted by molar-refractivity contribution is 9.10. The van der Waals surface area contributed by atoms with Gasteiger partial charge in [0.25, 0.3) is 11.6 Å². The van der Waals surface area contributed by atoms with E-state index >= 15 is 0 Å². The highest BCUT2D eigenvalue weighted by Crippen LogP contribution is 2.31. The Morgan fingerprint density at radius 3 is 2.73 bits per heavy atom. The monoisotopic (exact) mass is 427 g/mol. The minimum atomic E-state index is -0.231. The molecule has 4 rings (SSSR count). The number of thiophene rings is 1. The molecule has 4 aromatic rings. The number of carbonyl (C=O) groups is 1. The summed E-state index contributed by atoms with van der Waals surface area (Å²) in [5.74, 6) is -0.231. The SMILES string of the molecule is Cc1ccc(-c2cc(C(=O)Nc3ccccc3Br)c3c(C)noc3n2)s1. The van der Waals surface area contributed by atoms with Crippen LogP contribution in [0.3, 0.4) is 0 Å². The molecule has 1 N–H and O–H groups in total. The topological polar surface area (TPSA) is 68.0 Å². The zero-order valence-corrected chi connectivity index (χ0v) is 16.4. The van der Waals surface area contributed by atoms with Crippen molar-refractivity contribution >= 4 is 50.0 Å². The number of benzene rings is 1. The van der Waals surface area contributed by atoms with Crippen LogP contribution in [0.4, 0.5) is 5.69 Å². The number of hydrogen-bond acceptors (Lipinski definition) is 5. The molecule has 3 aromatic heterocycles. The van der Waals surface area contributed by atoms with Crippen LogP contribution < -0.4 is 5.32 Å². The van der Waals surface area contributed by atoms with E-state index < -0.39 is 0 Å². The Hall–Kier alpha value is -2.51. The van der Waals surface area contributed by atoms with E-state index in [1.165, 1.54) is 4.88 Å². The zero-order valence-electron chi connectivity index (χ0n) is 14.0. The number of aryl methyl sites for hydroxylation is 2. The van der Waals surface area contributed by atoms with E-state index in [0.717, 1.165) is 9.35 Å². The minimum Gasteiger partial charge on any atom is -0.335 e. The number of nitrogens with one attached hydrogen (secondary N) is 1. The molecule has 0 saturated heterocycles. The number of carbonyl (C=O) groups excluding carboxylic acids is 1. The van der Waals surface area contributed by atoms with Crippen molar-refractivity contribution in [3.63, 3.8) is 0 Å². The summed E-state index contributed by atoms with van der Waals surface area (Å²) < 4.78 is 6.15. The van der Waals surface area contributed by atoms with Crippen LogP contribution in [-0.4, -0.2) is 16.0 Å². The number of amides is 1. The van der Waals surface area contributed by atoms with Gasteiger partial charge in [0.15, 0.2) is 0 Å². The van der Waals surface area contributed by atoms with Crippen molar-refractivity contribution in [2.45, 2.75) is 13.8 Å². The molecule has 1 amide bonds. The summed E-state index contributed by atoms with van der Waals surface area (Å²) in [6, 6.07) is 13.3. The maximum absolute atomic E-state index is 13.0. The number of rotatable bonds is 3. The van der Waals surface area contributed by atoms with Crippen molar-refractivity contribution < 1.29 is 9.32 Å². The second-order valence-electron chi connectivity index (χ2n) is 5.85. The molecule has 0 aliphatic rings. The molecule has 26 heavy (non-hydrogen) atoms. The molecular weight excluding hydrogens is 414 g/mol.